The Balaban J connectivity index is 2.21. The van der Waals surface area contributed by atoms with E-state index in [1.807, 2.05) is 6.07 Å². The van der Waals surface area contributed by atoms with E-state index in [2.05, 4.69) is 18.7 Å². The number of nitrogens with zero attached hydrogens (tertiary/aromatic N) is 2. The lowest BCUT2D eigenvalue weighted by atomic mass is 9.98. The zero-order valence-electron chi connectivity index (χ0n) is 12.9. The maximum atomic E-state index is 10.9. The van der Waals surface area contributed by atoms with Crippen LogP contribution in [0, 0.1) is 16.0 Å². The highest BCUT2D eigenvalue weighted by Gasteiger charge is 2.33. The second-order valence-corrected chi connectivity index (χ2v) is 5.85. The summed E-state index contributed by atoms with van der Waals surface area (Å²) in [7, 11) is 0. The number of hydrogen-bond donors (Lipinski definition) is 1. The van der Waals surface area contributed by atoms with Crippen LogP contribution < -0.4 is 5.73 Å². The minimum Gasteiger partial charge on any atom is -0.330 e. The summed E-state index contributed by atoms with van der Waals surface area (Å²) >= 11 is 0. The zero-order valence-corrected chi connectivity index (χ0v) is 12.9. The summed E-state index contributed by atoms with van der Waals surface area (Å²) in [6, 6.07) is 7.66. The zero-order chi connectivity index (χ0) is 15.4. The molecule has 3 atom stereocenters. The molecular formula is C16H25N3O2. The molecule has 0 saturated heterocycles. The van der Waals surface area contributed by atoms with E-state index in [-0.39, 0.29) is 16.7 Å². The molecule has 2 N–H and O–H groups in total. The summed E-state index contributed by atoms with van der Waals surface area (Å²) in [5.41, 5.74) is 7.08. The van der Waals surface area contributed by atoms with Crippen molar-refractivity contribution in [1.29, 1.82) is 0 Å². The molecule has 0 bridgehead atoms. The predicted octanol–water partition coefficient (Wildman–Crippen LogP) is 3.11. The molecule has 1 fully saturated rings. The fourth-order valence-corrected chi connectivity index (χ4v) is 3.61. The first-order valence-corrected chi connectivity index (χ1v) is 7.78. The molecule has 5 heteroatoms. The van der Waals surface area contributed by atoms with Crippen molar-refractivity contribution >= 4 is 5.69 Å². The van der Waals surface area contributed by atoms with Gasteiger partial charge in [0.2, 0.25) is 0 Å². The number of nitro groups is 1. The average Bonchev–Trinajstić information content (AvgIpc) is 2.96. The Kier molecular flexibility index (Phi) is 5.31. The van der Waals surface area contributed by atoms with Crippen molar-refractivity contribution in [2.75, 3.05) is 13.1 Å². The molecule has 0 amide bonds. The monoisotopic (exact) mass is 291 g/mol. The van der Waals surface area contributed by atoms with Crippen molar-refractivity contribution in [1.82, 2.24) is 4.90 Å². The smallest absolute Gasteiger partial charge is 0.269 e. The van der Waals surface area contributed by atoms with Gasteiger partial charge < -0.3 is 5.73 Å². The fraction of sp³-hybridized carbons (Fsp3) is 0.625. The second-order valence-electron chi connectivity index (χ2n) is 5.85. The molecule has 0 heterocycles. The minimum atomic E-state index is -0.329. The SMILES string of the molecule is CCN(C(C)c1cccc([N+](=O)[O-])c1)C1CCCC1CN. The van der Waals surface area contributed by atoms with E-state index in [1.165, 1.54) is 19.3 Å². The Morgan fingerprint density at radius 1 is 1.48 bits per heavy atom. The van der Waals surface area contributed by atoms with Gasteiger partial charge in [0.1, 0.15) is 0 Å². The molecule has 1 aromatic rings. The second kappa shape index (κ2) is 7.00. The minimum absolute atomic E-state index is 0.164. The van der Waals surface area contributed by atoms with Gasteiger partial charge >= 0.3 is 0 Å². The van der Waals surface area contributed by atoms with Crippen LogP contribution in [0.4, 0.5) is 5.69 Å². The maximum absolute atomic E-state index is 10.9. The highest BCUT2D eigenvalue weighted by molar-refractivity contribution is 5.35. The number of non-ortho nitro benzene ring substituents is 1. The van der Waals surface area contributed by atoms with Crippen LogP contribution in [0.2, 0.25) is 0 Å². The van der Waals surface area contributed by atoms with E-state index >= 15 is 0 Å². The molecule has 1 aliphatic carbocycles. The number of nitro benzene ring substituents is 1. The highest BCUT2D eigenvalue weighted by atomic mass is 16.6. The first-order chi connectivity index (χ1) is 10.1. The largest absolute Gasteiger partial charge is 0.330 e. The molecule has 21 heavy (non-hydrogen) atoms. The Morgan fingerprint density at radius 3 is 2.86 bits per heavy atom. The predicted molar refractivity (Wildman–Crippen MR) is 84.1 cm³/mol. The van der Waals surface area contributed by atoms with Crippen molar-refractivity contribution in [2.45, 2.75) is 45.2 Å². The lowest BCUT2D eigenvalue weighted by Crippen LogP contribution is -2.41. The molecule has 0 aliphatic heterocycles. The fourth-order valence-electron chi connectivity index (χ4n) is 3.61. The molecule has 116 valence electrons. The lowest BCUT2D eigenvalue weighted by Gasteiger charge is -2.36. The van der Waals surface area contributed by atoms with Crippen LogP contribution in [0.15, 0.2) is 24.3 Å². The van der Waals surface area contributed by atoms with Crippen molar-refractivity contribution in [3.8, 4) is 0 Å². The van der Waals surface area contributed by atoms with E-state index in [4.69, 9.17) is 5.73 Å². The van der Waals surface area contributed by atoms with Crippen LogP contribution in [-0.4, -0.2) is 29.0 Å². The van der Waals surface area contributed by atoms with Crippen LogP contribution in [0.5, 0.6) is 0 Å². The van der Waals surface area contributed by atoms with Crippen LogP contribution in [0.1, 0.15) is 44.7 Å². The molecule has 2 rings (SSSR count). The van der Waals surface area contributed by atoms with Crippen molar-refractivity contribution < 1.29 is 4.92 Å². The van der Waals surface area contributed by atoms with E-state index in [0.717, 1.165) is 18.7 Å². The molecule has 0 radical (unpaired) electrons. The topological polar surface area (TPSA) is 72.4 Å². The third-order valence-electron chi connectivity index (χ3n) is 4.77. The molecule has 3 unspecified atom stereocenters. The van der Waals surface area contributed by atoms with Gasteiger partial charge in [-0.3, -0.25) is 15.0 Å². The van der Waals surface area contributed by atoms with Gasteiger partial charge in [0, 0.05) is 24.2 Å². The van der Waals surface area contributed by atoms with Crippen LogP contribution in [0.3, 0.4) is 0 Å². The van der Waals surface area contributed by atoms with Crippen molar-refractivity contribution in [3.05, 3.63) is 39.9 Å². The summed E-state index contributed by atoms with van der Waals surface area (Å²) < 4.78 is 0. The average molecular weight is 291 g/mol. The van der Waals surface area contributed by atoms with E-state index in [0.29, 0.717) is 12.0 Å². The third kappa shape index (κ3) is 3.41. The van der Waals surface area contributed by atoms with Crippen LogP contribution in [-0.2, 0) is 0 Å². The van der Waals surface area contributed by atoms with Crippen LogP contribution in [0.25, 0.3) is 0 Å². The van der Waals surface area contributed by atoms with E-state index < -0.39 is 0 Å². The van der Waals surface area contributed by atoms with Gasteiger partial charge in [0.25, 0.3) is 5.69 Å². The standard InChI is InChI=1S/C16H25N3O2/c1-3-18(16-9-5-7-14(16)11-17)12(2)13-6-4-8-15(10-13)19(20)21/h4,6,8,10,12,14,16H,3,5,7,9,11,17H2,1-2H3. The summed E-state index contributed by atoms with van der Waals surface area (Å²) in [4.78, 5) is 13.1. The quantitative estimate of drug-likeness (QED) is 0.645. The van der Waals surface area contributed by atoms with Crippen molar-refractivity contribution in [3.63, 3.8) is 0 Å². The van der Waals surface area contributed by atoms with Gasteiger partial charge in [-0.25, -0.2) is 0 Å². The third-order valence-corrected chi connectivity index (χ3v) is 4.77. The lowest BCUT2D eigenvalue weighted by molar-refractivity contribution is -0.385. The molecule has 5 nitrogen and oxygen atoms in total. The highest BCUT2D eigenvalue weighted by Crippen LogP contribution is 2.34. The van der Waals surface area contributed by atoms with Gasteiger partial charge in [-0.15, -0.1) is 0 Å². The Labute approximate surface area is 126 Å². The molecule has 1 aliphatic rings. The maximum Gasteiger partial charge on any atom is 0.269 e. The van der Waals surface area contributed by atoms with Gasteiger partial charge in [-0.2, -0.15) is 0 Å². The van der Waals surface area contributed by atoms with Gasteiger partial charge in [-0.1, -0.05) is 25.5 Å². The Bertz CT molecular complexity index is 492. The van der Waals surface area contributed by atoms with Crippen molar-refractivity contribution in [2.24, 2.45) is 11.7 Å². The summed E-state index contributed by atoms with van der Waals surface area (Å²) in [5.74, 6) is 0.547. The number of benzene rings is 1. The summed E-state index contributed by atoms with van der Waals surface area (Å²) in [6.07, 6.45) is 3.60. The van der Waals surface area contributed by atoms with Crippen LogP contribution >= 0.6 is 0 Å². The Morgan fingerprint density at radius 2 is 2.24 bits per heavy atom. The summed E-state index contributed by atoms with van der Waals surface area (Å²) in [5, 5.41) is 10.9. The number of rotatable bonds is 6. The first-order valence-electron chi connectivity index (χ1n) is 7.78. The Hall–Kier alpha value is -1.46. The molecule has 0 spiro atoms. The van der Waals surface area contributed by atoms with Gasteiger partial charge in [0.05, 0.1) is 4.92 Å². The molecule has 0 aromatic heterocycles. The summed E-state index contributed by atoms with van der Waals surface area (Å²) in [6.45, 7) is 5.95. The normalized spacial score (nSPS) is 23.4. The molecular weight excluding hydrogens is 266 g/mol. The van der Waals surface area contributed by atoms with E-state index in [9.17, 15) is 10.1 Å². The molecule has 1 saturated carbocycles. The van der Waals surface area contributed by atoms with E-state index in [1.54, 1.807) is 18.2 Å². The number of nitrogens with two attached hydrogens (primary N) is 1. The van der Waals surface area contributed by atoms with Gasteiger partial charge in [0.15, 0.2) is 0 Å². The molecule has 1 aromatic carbocycles. The first kappa shape index (κ1) is 15.9. The van der Waals surface area contributed by atoms with Gasteiger partial charge in [-0.05, 0) is 44.3 Å². The number of hydrogen-bond acceptors (Lipinski definition) is 4.